The molecule has 1 aromatic rings. The first-order valence-corrected chi connectivity index (χ1v) is 7.93. The molecule has 130 valence electrons. The van der Waals surface area contributed by atoms with Crippen LogP contribution in [0.5, 0.6) is 0 Å². The Labute approximate surface area is 137 Å². The van der Waals surface area contributed by atoms with Crippen molar-refractivity contribution in [3.05, 3.63) is 11.8 Å². The van der Waals surface area contributed by atoms with Crippen molar-refractivity contribution in [3.8, 4) is 0 Å². The lowest BCUT2D eigenvalue weighted by Gasteiger charge is -2.49. The fourth-order valence-corrected chi connectivity index (χ4v) is 2.66. The maximum absolute atomic E-state index is 12.0. The smallest absolute Gasteiger partial charge is 0.413 e. The van der Waals surface area contributed by atoms with Crippen LogP contribution < -0.4 is 10.6 Å². The molecule has 1 fully saturated rings. The molecule has 0 saturated heterocycles. The molecule has 2 unspecified atom stereocenters. The highest BCUT2D eigenvalue weighted by atomic mass is 16.6. The number of ether oxygens (including phenoxy) is 1. The van der Waals surface area contributed by atoms with E-state index in [4.69, 9.17) is 4.74 Å². The summed E-state index contributed by atoms with van der Waals surface area (Å²) >= 11 is 0. The summed E-state index contributed by atoms with van der Waals surface area (Å²) in [5, 5.41) is 20.2. The number of hydrogen-bond donors (Lipinski definition) is 3. The summed E-state index contributed by atoms with van der Waals surface area (Å²) in [6.07, 6.45) is 1.69. The van der Waals surface area contributed by atoms with Crippen LogP contribution >= 0.6 is 0 Å². The van der Waals surface area contributed by atoms with Gasteiger partial charge in [0.1, 0.15) is 11.4 Å². The number of aliphatic hydroxyl groups is 1. The first-order valence-electron chi connectivity index (χ1n) is 7.93. The molecule has 23 heavy (non-hydrogen) atoms. The second kappa shape index (κ2) is 6.13. The van der Waals surface area contributed by atoms with Gasteiger partial charge in [-0.2, -0.15) is 5.10 Å². The van der Waals surface area contributed by atoms with Crippen LogP contribution in [0.25, 0.3) is 0 Å². The van der Waals surface area contributed by atoms with Gasteiger partial charge in [0.05, 0.1) is 12.3 Å². The molecule has 1 aliphatic carbocycles. The van der Waals surface area contributed by atoms with Gasteiger partial charge in [-0.3, -0.25) is 10.00 Å². The van der Waals surface area contributed by atoms with E-state index in [1.807, 2.05) is 34.6 Å². The van der Waals surface area contributed by atoms with Crippen molar-refractivity contribution in [3.63, 3.8) is 0 Å². The number of nitrogens with one attached hydrogen (secondary N) is 2. The molecule has 7 nitrogen and oxygen atoms in total. The molecule has 7 heteroatoms. The molecule has 1 aliphatic rings. The molecule has 0 radical (unpaired) electrons. The maximum atomic E-state index is 12.0. The summed E-state index contributed by atoms with van der Waals surface area (Å²) in [6.45, 7) is 10.1. The summed E-state index contributed by atoms with van der Waals surface area (Å²) in [7, 11) is 1.77. The van der Waals surface area contributed by atoms with E-state index in [0.29, 0.717) is 12.4 Å². The fourth-order valence-electron chi connectivity index (χ4n) is 2.66. The van der Waals surface area contributed by atoms with Crippen LogP contribution in [0.3, 0.4) is 0 Å². The highest BCUT2D eigenvalue weighted by Crippen LogP contribution is 2.40. The molecule has 0 aliphatic heterocycles. The van der Waals surface area contributed by atoms with Crippen molar-refractivity contribution in [1.29, 1.82) is 0 Å². The Morgan fingerprint density at radius 3 is 2.70 bits per heavy atom. The van der Waals surface area contributed by atoms with E-state index in [2.05, 4.69) is 15.7 Å². The lowest BCUT2D eigenvalue weighted by Crippen LogP contribution is -2.59. The van der Waals surface area contributed by atoms with E-state index in [-0.39, 0.29) is 17.6 Å². The topological polar surface area (TPSA) is 88.4 Å². The molecule has 1 saturated carbocycles. The largest absolute Gasteiger partial charge is 0.444 e. The monoisotopic (exact) mass is 324 g/mol. The average Bonchev–Trinajstić information content (AvgIpc) is 2.73. The van der Waals surface area contributed by atoms with Crippen LogP contribution in [0.4, 0.5) is 10.6 Å². The van der Waals surface area contributed by atoms with Crippen LogP contribution in [0.1, 0.15) is 46.6 Å². The van der Waals surface area contributed by atoms with Crippen molar-refractivity contribution in [2.24, 2.45) is 12.5 Å². The molecule has 0 spiro atoms. The normalized spacial score (nSPS) is 23.3. The minimum Gasteiger partial charge on any atom is -0.444 e. The first-order chi connectivity index (χ1) is 10.5. The van der Waals surface area contributed by atoms with Crippen molar-refractivity contribution in [2.45, 2.75) is 65.3 Å². The molecule has 1 heterocycles. The van der Waals surface area contributed by atoms with Gasteiger partial charge in [0.2, 0.25) is 0 Å². The Bertz CT molecular complexity index is 574. The fraction of sp³-hybridized carbons (Fsp3) is 0.750. The minimum atomic E-state index is -0.548. The summed E-state index contributed by atoms with van der Waals surface area (Å²) in [4.78, 5) is 12.0. The Kier molecular flexibility index (Phi) is 4.73. The molecule has 1 aromatic heterocycles. The number of rotatable bonds is 4. The van der Waals surface area contributed by atoms with Gasteiger partial charge in [-0.1, -0.05) is 13.8 Å². The number of aliphatic hydroxyl groups excluding tert-OH is 1. The Morgan fingerprint density at radius 1 is 1.52 bits per heavy atom. The second-order valence-corrected chi connectivity index (χ2v) is 7.78. The van der Waals surface area contributed by atoms with Crippen LogP contribution in [0, 0.1) is 5.41 Å². The number of aryl methyl sites for hydroxylation is 1. The van der Waals surface area contributed by atoms with Gasteiger partial charge in [0.15, 0.2) is 0 Å². The number of carbonyl (C=O) groups excluding carboxylic acids is 1. The van der Waals surface area contributed by atoms with Gasteiger partial charge in [0.25, 0.3) is 0 Å². The SMILES string of the molecule is Cn1ncc(CNC2CC(O)C2(C)C)c1NC(=O)OC(C)(C)C. The third kappa shape index (κ3) is 4.03. The highest BCUT2D eigenvalue weighted by molar-refractivity contribution is 5.84. The van der Waals surface area contributed by atoms with Crippen LogP contribution in [-0.2, 0) is 18.3 Å². The number of carbonyl (C=O) groups is 1. The Balaban J connectivity index is 1.98. The number of anilines is 1. The lowest BCUT2D eigenvalue weighted by molar-refractivity contribution is -0.0729. The zero-order valence-corrected chi connectivity index (χ0v) is 14.8. The molecule has 3 N–H and O–H groups in total. The van der Waals surface area contributed by atoms with E-state index < -0.39 is 11.7 Å². The van der Waals surface area contributed by atoms with Crippen molar-refractivity contribution in [1.82, 2.24) is 15.1 Å². The Morgan fingerprint density at radius 2 is 2.17 bits per heavy atom. The predicted octanol–water partition coefficient (Wildman–Crippen LogP) is 2.02. The van der Waals surface area contributed by atoms with Crippen LogP contribution in [0.2, 0.25) is 0 Å². The third-order valence-electron chi connectivity index (χ3n) is 4.39. The summed E-state index contributed by atoms with van der Waals surface area (Å²) in [6, 6.07) is 0.243. The highest BCUT2D eigenvalue weighted by Gasteiger charge is 2.46. The summed E-state index contributed by atoms with van der Waals surface area (Å²) in [5.41, 5.74) is 0.198. The van der Waals surface area contributed by atoms with Gasteiger partial charge in [-0.25, -0.2) is 4.79 Å². The predicted molar refractivity (Wildman–Crippen MR) is 88.1 cm³/mol. The van der Waals surface area contributed by atoms with Crippen LogP contribution in [0.15, 0.2) is 6.20 Å². The van der Waals surface area contributed by atoms with Crippen molar-refractivity contribution >= 4 is 11.9 Å². The van der Waals surface area contributed by atoms with Crippen molar-refractivity contribution in [2.75, 3.05) is 5.32 Å². The number of hydrogen-bond acceptors (Lipinski definition) is 5. The van der Waals surface area contributed by atoms with Gasteiger partial charge >= 0.3 is 6.09 Å². The number of nitrogens with zero attached hydrogens (tertiary/aromatic N) is 2. The minimum absolute atomic E-state index is 0.138. The quantitative estimate of drug-likeness (QED) is 0.788. The van der Waals surface area contributed by atoms with E-state index in [9.17, 15) is 9.90 Å². The summed E-state index contributed by atoms with van der Waals surface area (Å²) < 4.78 is 6.89. The molecule has 1 amide bonds. The third-order valence-corrected chi connectivity index (χ3v) is 4.39. The van der Waals surface area contributed by atoms with E-state index in [1.54, 1.807) is 17.9 Å². The number of aromatic nitrogens is 2. The van der Waals surface area contributed by atoms with Crippen LogP contribution in [-0.4, -0.2) is 38.7 Å². The molecule has 0 aromatic carbocycles. The molecular weight excluding hydrogens is 296 g/mol. The van der Waals surface area contributed by atoms with Gasteiger partial charge in [-0.05, 0) is 27.2 Å². The molecule has 0 bridgehead atoms. The maximum Gasteiger partial charge on any atom is 0.413 e. The second-order valence-electron chi connectivity index (χ2n) is 7.78. The average molecular weight is 324 g/mol. The first kappa shape index (κ1) is 17.7. The van der Waals surface area contributed by atoms with E-state index in [0.717, 1.165) is 12.0 Å². The zero-order chi connectivity index (χ0) is 17.4. The van der Waals surface area contributed by atoms with Crippen molar-refractivity contribution < 1.29 is 14.6 Å². The van der Waals surface area contributed by atoms with Gasteiger partial charge < -0.3 is 15.2 Å². The molecular formula is C16H28N4O3. The molecule has 2 rings (SSSR count). The molecule has 2 atom stereocenters. The number of amides is 1. The van der Waals surface area contributed by atoms with E-state index >= 15 is 0 Å². The lowest BCUT2D eigenvalue weighted by atomic mass is 9.64. The van der Waals surface area contributed by atoms with Gasteiger partial charge in [0, 0.05) is 30.6 Å². The summed E-state index contributed by atoms with van der Waals surface area (Å²) in [5.74, 6) is 0.615. The van der Waals surface area contributed by atoms with E-state index in [1.165, 1.54) is 0 Å². The van der Waals surface area contributed by atoms with Gasteiger partial charge in [-0.15, -0.1) is 0 Å². The standard InChI is InChI=1S/C16H28N4O3/c1-15(2,3)23-14(22)19-13-10(9-18-20(13)6)8-17-11-7-12(21)16(11,4)5/h9,11-12,17,21H,7-8H2,1-6H3,(H,19,22). The zero-order valence-electron chi connectivity index (χ0n) is 14.8. The Hall–Kier alpha value is -1.60.